The first kappa shape index (κ1) is 15.1. The van der Waals surface area contributed by atoms with Crippen molar-refractivity contribution < 1.29 is 22.8 Å². The monoisotopic (exact) mass is 292 g/mol. The molecule has 0 bridgehead atoms. The van der Waals surface area contributed by atoms with Gasteiger partial charge in [0.1, 0.15) is 11.5 Å². The molecule has 1 heterocycles. The van der Waals surface area contributed by atoms with Crippen molar-refractivity contribution in [1.29, 1.82) is 0 Å². The molecule has 2 aliphatic rings. The molecule has 1 aliphatic heterocycles. The van der Waals surface area contributed by atoms with Crippen LogP contribution >= 0.6 is 0 Å². The van der Waals surface area contributed by atoms with E-state index in [-0.39, 0.29) is 37.8 Å². The van der Waals surface area contributed by atoms with E-state index in [1.165, 1.54) is 4.90 Å². The van der Waals surface area contributed by atoms with E-state index in [1.807, 2.05) is 0 Å². The third-order valence-electron chi connectivity index (χ3n) is 4.24. The number of likely N-dealkylation sites (N-methyl/N-ethyl adjacent to an activating group) is 1. The molecule has 1 saturated heterocycles. The Labute approximate surface area is 115 Å². The van der Waals surface area contributed by atoms with Crippen LogP contribution in [0.15, 0.2) is 0 Å². The average molecular weight is 292 g/mol. The van der Waals surface area contributed by atoms with Crippen LogP contribution in [0.4, 0.5) is 13.2 Å². The number of nitrogens with zero attached hydrogens (tertiary/aromatic N) is 2. The molecule has 0 aromatic rings. The molecule has 1 atom stereocenters. The molecule has 0 radical (unpaired) electrons. The topological polar surface area (TPSA) is 40.6 Å². The van der Waals surface area contributed by atoms with Crippen molar-refractivity contribution in [1.82, 2.24) is 9.80 Å². The van der Waals surface area contributed by atoms with Crippen molar-refractivity contribution in [2.24, 2.45) is 11.3 Å². The van der Waals surface area contributed by atoms with Crippen LogP contribution in [0, 0.1) is 11.3 Å². The third-order valence-corrected chi connectivity index (χ3v) is 4.24. The highest BCUT2D eigenvalue weighted by Crippen LogP contribution is 2.59. The molecule has 2 amide bonds. The van der Waals surface area contributed by atoms with Crippen molar-refractivity contribution in [2.75, 3.05) is 20.1 Å². The number of hydrogen-bond acceptors (Lipinski definition) is 2. The highest BCUT2D eigenvalue weighted by Gasteiger charge is 2.70. The van der Waals surface area contributed by atoms with Gasteiger partial charge in [0, 0.05) is 20.1 Å². The van der Waals surface area contributed by atoms with Gasteiger partial charge in [0.05, 0.1) is 0 Å². The number of carbonyl (C=O) groups is 2. The van der Waals surface area contributed by atoms with Gasteiger partial charge < -0.3 is 9.80 Å². The number of amides is 2. The lowest BCUT2D eigenvalue weighted by Gasteiger charge is -2.42. The largest absolute Gasteiger partial charge is 0.403 e. The Morgan fingerprint density at radius 3 is 2.25 bits per heavy atom. The van der Waals surface area contributed by atoms with E-state index in [4.69, 9.17) is 0 Å². The van der Waals surface area contributed by atoms with Gasteiger partial charge in [-0.3, -0.25) is 9.59 Å². The molecule has 114 valence electrons. The van der Waals surface area contributed by atoms with Gasteiger partial charge in [-0.15, -0.1) is 0 Å². The van der Waals surface area contributed by atoms with Crippen LogP contribution in [0.25, 0.3) is 0 Å². The highest BCUT2D eigenvalue weighted by molar-refractivity contribution is 5.93. The van der Waals surface area contributed by atoms with E-state index in [9.17, 15) is 22.8 Å². The zero-order chi connectivity index (χ0) is 15.3. The van der Waals surface area contributed by atoms with Crippen LogP contribution < -0.4 is 0 Å². The van der Waals surface area contributed by atoms with E-state index >= 15 is 0 Å². The Morgan fingerprint density at radius 1 is 1.30 bits per heavy atom. The minimum atomic E-state index is -4.53. The van der Waals surface area contributed by atoms with E-state index < -0.39 is 23.5 Å². The molecule has 7 heteroatoms. The Kier molecular flexibility index (Phi) is 3.50. The number of hydrogen-bond donors (Lipinski definition) is 0. The van der Waals surface area contributed by atoms with E-state index in [2.05, 4.69) is 0 Å². The molecule has 2 fully saturated rings. The van der Waals surface area contributed by atoms with E-state index in [0.717, 1.165) is 4.90 Å². The number of halogens is 3. The van der Waals surface area contributed by atoms with Crippen LogP contribution in [0.5, 0.6) is 0 Å². The molecular formula is C13H19F3N2O2. The molecule has 0 unspecified atom stereocenters. The summed E-state index contributed by atoms with van der Waals surface area (Å²) in [5.74, 6) is -1.42. The third kappa shape index (κ3) is 2.16. The Bertz CT molecular complexity index is 430. The molecule has 4 nitrogen and oxygen atoms in total. The van der Waals surface area contributed by atoms with Crippen LogP contribution in [-0.4, -0.2) is 54.0 Å². The number of alkyl halides is 3. The molecule has 1 aliphatic carbocycles. The van der Waals surface area contributed by atoms with Crippen molar-refractivity contribution in [3.8, 4) is 0 Å². The summed E-state index contributed by atoms with van der Waals surface area (Å²) in [5, 5.41) is 0. The Morgan fingerprint density at radius 2 is 1.85 bits per heavy atom. The van der Waals surface area contributed by atoms with Gasteiger partial charge in [0.15, 0.2) is 0 Å². The second kappa shape index (κ2) is 4.63. The first-order valence-corrected chi connectivity index (χ1v) is 6.74. The molecule has 0 spiro atoms. The van der Waals surface area contributed by atoms with Gasteiger partial charge in [-0.1, -0.05) is 13.8 Å². The lowest BCUT2D eigenvalue weighted by atomic mass is 9.95. The highest BCUT2D eigenvalue weighted by atomic mass is 19.4. The standard InChI is InChI=1S/C13H19F3N2O2/c1-8(2)9-10(19)17(3)6-7-18(9)11(20)12(4-5-12)13(14,15)16/h8-9H,4-7H2,1-3H3/t9-/m1/s1. The number of carbonyl (C=O) groups excluding carboxylic acids is 2. The predicted octanol–water partition coefficient (Wildman–Crippen LogP) is 1.65. The molecule has 0 aromatic heterocycles. The zero-order valence-corrected chi connectivity index (χ0v) is 11.8. The summed E-state index contributed by atoms with van der Waals surface area (Å²) in [6, 6.07) is -0.791. The molecular weight excluding hydrogens is 273 g/mol. The minimum absolute atomic E-state index is 0.166. The van der Waals surface area contributed by atoms with Crippen LogP contribution in [0.3, 0.4) is 0 Å². The number of rotatable bonds is 2. The number of piperazine rings is 1. The van der Waals surface area contributed by atoms with Crippen molar-refractivity contribution in [3.63, 3.8) is 0 Å². The van der Waals surface area contributed by atoms with Gasteiger partial charge in [0.2, 0.25) is 11.8 Å². The second-order valence-electron chi connectivity index (χ2n) is 6.03. The molecule has 20 heavy (non-hydrogen) atoms. The van der Waals surface area contributed by atoms with Crippen molar-refractivity contribution in [2.45, 2.75) is 38.9 Å². The summed E-state index contributed by atoms with van der Waals surface area (Å²) < 4.78 is 39.2. The van der Waals surface area contributed by atoms with E-state index in [0.29, 0.717) is 0 Å². The van der Waals surface area contributed by atoms with E-state index in [1.54, 1.807) is 20.9 Å². The summed E-state index contributed by atoms with van der Waals surface area (Å²) in [4.78, 5) is 27.1. The maximum atomic E-state index is 13.1. The van der Waals surface area contributed by atoms with Crippen molar-refractivity contribution in [3.05, 3.63) is 0 Å². The summed E-state index contributed by atoms with van der Waals surface area (Å²) in [5.41, 5.74) is -2.24. The molecule has 0 aromatic carbocycles. The zero-order valence-electron chi connectivity index (χ0n) is 11.8. The summed E-state index contributed by atoms with van der Waals surface area (Å²) in [7, 11) is 1.61. The first-order chi connectivity index (χ1) is 9.12. The van der Waals surface area contributed by atoms with Gasteiger partial charge >= 0.3 is 6.18 Å². The van der Waals surface area contributed by atoms with Crippen LogP contribution in [0.2, 0.25) is 0 Å². The maximum absolute atomic E-state index is 13.1. The lowest BCUT2D eigenvalue weighted by molar-refractivity contribution is -0.202. The summed E-state index contributed by atoms with van der Waals surface area (Å²) in [6.45, 7) is 3.94. The smallest absolute Gasteiger partial charge is 0.342 e. The summed E-state index contributed by atoms with van der Waals surface area (Å²) >= 11 is 0. The molecule has 2 rings (SSSR count). The molecule has 0 N–H and O–H groups in total. The van der Waals surface area contributed by atoms with Crippen LogP contribution in [0.1, 0.15) is 26.7 Å². The Balaban J connectivity index is 2.27. The first-order valence-electron chi connectivity index (χ1n) is 6.74. The van der Waals surface area contributed by atoms with Crippen molar-refractivity contribution >= 4 is 11.8 Å². The lowest BCUT2D eigenvalue weighted by Crippen LogP contribution is -2.61. The van der Waals surface area contributed by atoms with Gasteiger partial charge in [-0.2, -0.15) is 13.2 Å². The predicted molar refractivity (Wildman–Crippen MR) is 65.7 cm³/mol. The van der Waals surface area contributed by atoms with Gasteiger partial charge in [-0.05, 0) is 18.8 Å². The SMILES string of the molecule is CC(C)[C@@H]1C(=O)N(C)CCN1C(=O)C1(C(F)(F)F)CC1. The Hall–Kier alpha value is -1.27. The van der Waals surface area contributed by atoms with Gasteiger partial charge in [-0.25, -0.2) is 0 Å². The minimum Gasteiger partial charge on any atom is -0.342 e. The maximum Gasteiger partial charge on any atom is 0.403 e. The fourth-order valence-corrected chi connectivity index (χ4v) is 2.76. The second-order valence-corrected chi connectivity index (χ2v) is 6.03. The van der Waals surface area contributed by atoms with Gasteiger partial charge in [0.25, 0.3) is 0 Å². The normalized spacial score (nSPS) is 26.1. The fraction of sp³-hybridized carbons (Fsp3) is 0.846. The summed E-state index contributed by atoms with van der Waals surface area (Å²) in [6.07, 6.45) is -4.86. The fourth-order valence-electron chi connectivity index (χ4n) is 2.76. The quantitative estimate of drug-likeness (QED) is 0.776. The van der Waals surface area contributed by atoms with Crippen LogP contribution in [-0.2, 0) is 9.59 Å². The molecule has 1 saturated carbocycles. The average Bonchev–Trinajstić information content (AvgIpc) is 3.11.